The third-order valence-corrected chi connectivity index (χ3v) is 4.38. The van der Waals surface area contributed by atoms with Crippen molar-refractivity contribution in [3.05, 3.63) is 29.8 Å². The highest BCUT2D eigenvalue weighted by atomic mass is 35.5. The Balaban J connectivity index is 2.97. The number of rotatable bonds is 11. The number of carbonyl (C=O) groups excluding carboxylic acids is 2. The number of hydrogen-bond acceptors (Lipinski definition) is 6. The van der Waals surface area contributed by atoms with Gasteiger partial charge < -0.3 is 20.5 Å². The molecule has 146 valence electrons. The highest BCUT2D eigenvalue weighted by Gasteiger charge is 2.30. The first-order valence-corrected chi connectivity index (χ1v) is 9.78. The molecule has 1 rings (SSSR count). The van der Waals surface area contributed by atoms with E-state index >= 15 is 0 Å². The monoisotopic (exact) mass is 426 g/mol. The maximum absolute atomic E-state index is 13.6. The molecule has 0 aliphatic rings. The van der Waals surface area contributed by atoms with Gasteiger partial charge in [0.25, 0.3) is 5.91 Å². The first-order valence-electron chi connectivity index (χ1n) is 7.68. The molecule has 0 aliphatic heterocycles. The number of esters is 1. The minimum atomic E-state index is -1.37. The maximum atomic E-state index is 13.6. The summed E-state index contributed by atoms with van der Waals surface area (Å²) in [6.07, 6.45) is 0.841. The molecule has 0 heterocycles. The van der Waals surface area contributed by atoms with Crippen LogP contribution in [0, 0.1) is 0 Å². The summed E-state index contributed by atoms with van der Waals surface area (Å²) in [5, 5.41) is 2.34. The van der Waals surface area contributed by atoms with Crippen molar-refractivity contribution in [3.8, 4) is 0 Å². The summed E-state index contributed by atoms with van der Waals surface area (Å²) < 4.78 is 23.9. The second kappa shape index (κ2) is 12.3. The number of alkyl halides is 3. The molecule has 3 N–H and O–H groups in total. The average Bonchev–Trinajstić information content (AvgIpc) is 2.64. The SMILES string of the molecule is CSc1ccc(C(OC(=O)COCCN)C(CF)NC(=O)C(Cl)Cl)cc1. The first kappa shape index (κ1) is 23.0. The van der Waals surface area contributed by atoms with Crippen LogP contribution in [-0.4, -0.2) is 55.4 Å². The molecule has 0 spiro atoms. The molecule has 26 heavy (non-hydrogen) atoms. The topological polar surface area (TPSA) is 90.7 Å². The zero-order chi connectivity index (χ0) is 19.5. The van der Waals surface area contributed by atoms with Crippen LogP contribution in [0.3, 0.4) is 0 Å². The standard InChI is InChI=1S/C16H21Cl2FN2O4S/c1-26-11-4-2-10(3-5-11)14(25-13(22)9-24-7-6-20)12(8-19)21-16(23)15(17)18/h2-5,12,14-15H,6-9,20H2,1H3,(H,21,23). The zero-order valence-electron chi connectivity index (χ0n) is 14.1. The van der Waals surface area contributed by atoms with E-state index in [0.717, 1.165) is 4.90 Å². The Labute approximate surface area is 165 Å². The number of halogens is 3. The summed E-state index contributed by atoms with van der Waals surface area (Å²) >= 11 is 12.5. The fourth-order valence-corrected chi connectivity index (χ4v) is 2.57. The molecule has 0 saturated carbocycles. The van der Waals surface area contributed by atoms with Crippen LogP contribution in [0.5, 0.6) is 0 Å². The van der Waals surface area contributed by atoms with Gasteiger partial charge in [0.2, 0.25) is 0 Å². The van der Waals surface area contributed by atoms with Gasteiger partial charge in [-0.25, -0.2) is 9.18 Å². The number of nitrogens with one attached hydrogen (secondary N) is 1. The lowest BCUT2D eigenvalue weighted by Gasteiger charge is -2.26. The van der Waals surface area contributed by atoms with Gasteiger partial charge in [-0.3, -0.25) is 4.79 Å². The highest BCUT2D eigenvalue weighted by Crippen LogP contribution is 2.25. The van der Waals surface area contributed by atoms with E-state index in [1.165, 1.54) is 11.8 Å². The summed E-state index contributed by atoms with van der Waals surface area (Å²) in [4.78, 5) is 23.3. The van der Waals surface area contributed by atoms with Gasteiger partial charge in [0.1, 0.15) is 19.4 Å². The average molecular weight is 427 g/mol. The molecule has 0 radical (unpaired) electrons. The number of ether oxygens (including phenoxy) is 2. The summed E-state index contributed by atoms with van der Waals surface area (Å²) in [6.45, 7) is -0.885. The summed E-state index contributed by atoms with van der Waals surface area (Å²) in [7, 11) is 0. The van der Waals surface area contributed by atoms with E-state index in [1.54, 1.807) is 24.3 Å². The third-order valence-electron chi connectivity index (χ3n) is 3.24. The predicted octanol–water partition coefficient (Wildman–Crippen LogP) is 2.23. The molecular formula is C16H21Cl2FN2O4S. The fourth-order valence-electron chi connectivity index (χ4n) is 2.03. The first-order chi connectivity index (χ1) is 12.4. The molecule has 0 saturated heterocycles. The van der Waals surface area contributed by atoms with Gasteiger partial charge in [-0.2, -0.15) is 0 Å². The number of carbonyl (C=O) groups is 2. The van der Waals surface area contributed by atoms with E-state index in [9.17, 15) is 14.0 Å². The molecule has 0 bridgehead atoms. The molecule has 10 heteroatoms. The van der Waals surface area contributed by atoms with Gasteiger partial charge in [0.05, 0.1) is 12.6 Å². The van der Waals surface area contributed by atoms with Gasteiger partial charge in [0, 0.05) is 11.4 Å². The van der Waals surface area contributed by atoms with Gasteiger partial charge >= 0.3 is 5.97 Å². The Kier molecular flexibility index (Phi) is 10.9. The number of thioether (sulfide) groups is 1. The summed E-state index contributed by atoms with van der Waals surface area (Å²) in [5.74, 6) is -1.49. The van der Waals surface area contributed by atoms with E-state index in [-0.39, 0.29) is 19.8 Å². The van der Waals surface area contributed by atoms with Gasteiger partial charge in [-0.1, -0.05) is 35.3 Å². The third kappa shape index (κ3) is 7.67. The van der Waals surface area contributed by atoms with Crippen LogP contribution in [0.15, 0.2) is 29.2 Å². The van der Waals surface area contributed by atoms with Crippen molar-refractivity contribution in [2.75, 3.05) is 32.7 Å². The van der Waals surface area contributed by atoms with Crippen LogP contribution in [0.1, 0.15) is 11.7 Å². The van der Waals surface area contributed by atoms with E-state index in [1.807, 2.05) is 6.26 Å². The molecule has 0 fully saturated rings. The minimum Gasteiger partial charge on any atom is -0.453 e. The summed E-state index contributed by atoms with van der Waals surface area (Å²) in [6, 6.07) is 5.83. The normalized spacial score (nSPS) is 13.3. The van der Waals surface area contributed by atoms with Crippen molar-refractivity contribution in [3.63, 3.8) is 0 Å². The molecule has 0 aliphatic carbocycles. The van der Waals surface area contributed by atoms with Crippen molar-refractivity contribution in [2.45, 2.75) is 21.9 Å². The number of amides is 1. The van der Waals surface area contributed by atoms with Crippen LogP contribution in [0.25, 0.3) is 0 Å². The lowest BCUT2D eigenvalue weighted by atomic mass is 10.0. The number of hydrogen-bond donors (Lipinski definition) is 2. The van der Waals surface area contributed by atoms with Gasteiger partial charge in [-0.15, -0.1) is 11.8 Å². The molecular weight excluding hydrogens is 406 g/mol. The Bertz CT molecular complexity index is 578. The van der Waals surface area contributed by atoms with Crippen molar-refractivity contribution in [1.29, 1.82) is 0 Å². The van der Waals surface area contributed by atoms with Crippen LogP contribution in [0.2, 0.25) is 0 Å². The second-order valence-corrected chi connectivity index (χ2v) is 7.07. The van der Waals surface area contributed by atoms with E-state index < -0.39 is 35.5 Å². The Hall–Kier alpha value is -1.06. The number of benzene rings is 1. The minimum absolute atomic E-state index is 0.186. The number of nitrogens with two attached hydrogens (primary N) is 1. The largest absolute Gasteiger partial charge is 0.453 e. The molecule has 6 nitrogen and oxygen atoms in total. The molecule has 2 unspecified atom stereocenters. The van der Waals surface area contributed by atoms with E-state index in [2.05, 4.69) is 5.32 Å². The lowest BCUT2D eigenvalue weighted by molar-refractivity contribution is -0.157. The fraction of sp³-hybridized carbons (Fsp3) is 0.500. The van der Waals surface area contributed by atoms with Crippen molar-refractivity contribution >= 4 is 46.8 Å². The van der Waals surface area contributed by atoms with Crippen molar-refractivity contribution in [2.24, 2.45) is 5.73 Å². The van der Waals surface area contributed by atoms with Crippen LogP contribution in [0.4, 0.5) is 4.39 Å². The van der Waals surface area contributed by atoms with Crippen LogP contribution >= 0.6 is 35.0 Å². The molecule has 1 amide bonds. The lowest BCUT2D eigenvalue weighted by Crippen LogP contribution is -2.44. The summed E-state index contributed by atoms with van der Waals surface area (Å²) in [5.41, 5.74) is 5.80. The molecule has 1 aromatic rings. The second-order valence-electron chi connectivity index (χ2n) is 5.09. The van der Waals surface area contributed by atoms with Crippen molar-refractivity contribution < 1.29 is 23.5 Å². The van der Waals surface area contributed by atoms with E-state index in [4.69, 9.17) is 38.4 Å². The van der Waals surface area contributed by atoms with Crippen LogP contribution in [-0.2, 0) is 19.1 Å². The molecule has 2 atom stereocenters. The Morgan fingerprint density at radius 2 is 1.96 bits per heavy atom. The smallest absolute Gasteiger partial charge is 0.332 e. The van der Waals surface area contributed by atoms with Gasteiger partial charge in [-0.05, 0) is 24.0 Å². The Morgan fingerprint density at radius 1 is 1.31 bits per heavy atom. The highest BCUT2D eigenvalue weighted by molar-refractivity contribution is 7.98. The molecule has 0 aromatic heterocycles. The van der Waals surface area contributed by atoms with Gasteiger partial charge in [0.15, 0.2) is 4.84 Å². The Morgan fingerprint density at radius 3 is 2.46 bits per heavy atom. The maximum Gasteiger partial charge on any atom is 0.332 e. The quantitative estimate of drug-likeness (QED) is 0.244. The zero-order valence-corrected chi connectivity index (χ0v) is 16.5. The predicted molar refractivity (Wildman–Crippen MR) is 100 cm³/mol. The van der Waals surface area contributed by atoms with E-state index in [0.29, 0.717) is 5.56 Å². The molecule has 1 aromatic carbocycles. The van der Waals surface area contributed by atoms with Crippen molar-refractivity contribution in [1.82, 2.24) is 5.32 Å². The van der Waals surface area contributed by atoms with Crippen LogP contribution < -0.4 is 11.1 Å².